The first kappa shape index (κ1) is 20.4. The van der Waals surface area contributed by atoms with Crippen molar-refractivity contribution in [3.8, 4) is 0 Å². The Bertz CT molecular complexity index is 1250. The van der Waals surface area contributed by atoms with Crippen molar-refractivity contribution in [3.05, 3.63) is 101 Å². The Hall–Kier alpha value is -3.87. The van der Waals surface area contributed by atoms with Crippen LogP contribution in [-0.2, 0) is 9.59 Å². The molecule has 0 atom stereocenters. The van der Waals surface area contributed by atoms with Crippen molar-refractivity contribution in [2.45, 2.75) is 13.8 Å². The van der Waals surface area contributed by atoms with Gasteiger partial charge in [-0.05, 0) is 61.4 Å². The number of nitrogens with zero attached hydrogens (tertiary/aromatic N) is 1. The van der Waals surface area contributed by atoms with Crippen LogP contribution >= 0.6 is 0 Å². The highest BCUT2D eigenvalue weighted by molar-refractivity contribution is 6.46. The van der Waals surface area contributed by atoms with E-state index in [9.17, 15) is 22.8 Å². The molecule has 4 rings (SSSR count). The lowest BCUT2D eigenvalue weighted by atomic mass is 9.97. The average molecular weight is 422 g/mol. The Kier molecular flexibility index (Phi) is 5.10. The molecule has 3 aromatic rings. The zero-order valence-corrected chi connectivity index (χ0v) is 16.7. The Morgan fingerprint density at radius 3 is 2.13 bits per heavy atom. The maximum Gasteiger partial charge on any atom is 0.282 e. The van der Waals surface area contributed by atoms with Gasteiger partial charge >= 0.3 is 0 Å². The van der Waals surface area contributed by atoms with Gasteiger partial charge in [-0.25, -0.2) is 18.1 Å². The molecule has 0 radical (unpaired) electrons. The maximum absolute atomic E-state index is 14.4. The van der Waals surface area contributed by atoms with Crippen molar-refractivity contribution in [2.75, 3.05) is 10.2 Å². The van der Waals surface area contributed by atoms with Crippen molar-refractivity contribution in [1.29, 1.82) is 0 Å². The van der Waals surface area contributed by atoms with E-state index >= 15 is 0 Å². The molecule has 0 saturated heterocycles. The van der Waals surface area contributed by atoms with Crippen LogP contribution in [-0.4, -0.2) is 11.8 Å². The zero-order valence-electron chi connectivity index (χ0n) is 16.7. The first-order chi connectivity index (χ1) is 14.8. The van der Waals surface area contributed by atoms with Gasteiger partial charge in [-0.3, -0.25) is 9.59 Å². The summed E-state index contributed by atoms with van der Waals surface area (Å²) in [6.45, 7) is 3.67. The molecule has 1 heterocycles. The van der Waals surface area contributed by atoms with E-state index in [1.807, 2.05) is 13.0 Å². The SMILES string of the molecule is Cc1ccc(C2=C(Nc3ccc(F)cc3)C(=O)N(c3cc(F)ccc3F)C2=O)c(C)c1. The minimum absolute atomic E-state index is 0.0236. The number of rotatable bonds is 4. The summed E-state index contributed by atoms with van der Waals surface area (Å²) >= 11 is 0. The number of amides is 2. The van der Waals surface area contributed by atoms with Crippen LogP contribution in [0.4, 0.5) is 24.5 Å². The Labute approximate surface area is 176 Å². The molecule has 2 amide bonds. The number of aryl methyl sites for hydroxylation is 2. The van der Waals surface area contributed by atoms with Crippen LogP contribution in [0.2, 0.25) is 0 Å². The minimum atomic E-state index is -0.911. The molecule has 0 bridgehead atoms. The summed E-state index contributed by atoms with van der Waals surface area (Å²) < 4.78 is 41.5. The molecule has 0 aliphatic carbocycles. The van der Waals surface area contributed by atoms with E-state index in [2.05, 4.69) is 5.32 Å². The fourth-order valence-corrected chi connectivity index (χ4v) is 3.54. The molecule has 0 unspecified atom stereocenters. The van der Waals surface area contributed by atoms with Crippen molar-refractivity contribution in [1.82, 2.24) is 0 Å². The molecule has 7 heteroatoms. The highest BCUT2D eigenvalue weighted by atomic mass is 19.1. The van der Waals surface area contributed by atoms with Crippen molar-refractivity contribution >= 4 is 28.8 Å². The first-order valence-electron chi connectivity index (χ1n) is 9.44. The van der Waals surface area contributed by atoms with Crippen LogP contribution in [0.25, 0.3) is 5.57 Å². The number of carbonyl (C=O) groups is 2. The molecular formula is C24H17F3N2O2. The van der Waals surface area contributed by atoms with Gasteiger partial charge in [-0.1, -0.05) is 23.8 Å². The van der Waals surface area contributed by atoms with Crippen LogP contribution in [0.1, 0.15) is 16.7 Å². The van der Waals surface area contributed by atoms with E-state index in [1.54, 1.807) is 19.1 Å². The van der Waals surface area contributed by atoms with Crippen LogP contribution < -0.4 is 10.2 Å². The number of anilines is 2. The van der Waals surface area contributed by atoms with Crippen LogP contribution in [0.3, 0.4) is 0 Å². The fraction of sp³-hybridized carbons (Fsp3) is 0.0833. The van der Waals surface area contributed by atoms with Gasteiger partial charge in [0.15, 0.2) is 0 Å². The van der Waals surface area contributed by atoms with Gasteiger partial charge in [0.1, 0.15) is 23.1 Å². The third-order valence-corrected chi connectivity index (χ3v) is 5.00. The van der Waals surface area contributed by atoms with Gasteiger partial charge in [0.05, 0.1) is 11.3 Å². The summed E-state index contributed by atoms with van der Waals surface area (Å²) in [4.78, 5) is 27.2. The van der Waals surface area contributed by atoms with Crippen molar-refractivity contribution in [2.24, 2.45) is 0 Å². The molecule has 31 heavy (non-hydrogen) atoms. The molecule has 1 aliphatic heterocycles. The van der Waals surface area contributed by atoms with E-state index in [1.165, 1.54) is 24.3 Å². The molecule has 0 fully saturated rings. The number of halogens is 3. The van der Waals surface area contributed by atoms with Crippen LogP contribution in [0.15, 0.2) is 66.4 Å². The first-order valence-corrected chi connectivity index (χ1v) is 9.44. The number of imide groups is 1. The summed E-state index contributed by atoms with van der Waals surface area (Å²) in [5.41, 5.74) is 1.97. The van der Waals surface area contributed by atoms with Crippen molar-refractivity contribution < 1.29 is 22.8 Å². The summed E-state index contributed by atoms with van der Waals surface area (Å²) in [6.07, 6.45) is 0. The molecule has 1 aliphatic rings. The number of hydrogen-bond acceptors (Lipinski definition) is 3. The van der Waals surface area contributed by atoms with Crippen LogP contribution in [0, 0.1) is 31.3 Å². The standard InChI is InChI=1S/C24H17F3N2O2/c1-13-3-9-18(14(2)11-13)21-22(28-17-7-4-15(25)5-8-17)24(31)29(23(21)30)20-12-16(26)6-10-19(20)27/h3-12,28H,1-2H3. The Morgan fingerprint density at radius 1 is 0.774 bits per heavy atom. The second-order valence-corrected chi connectivity index (χ2v) is 7.24. The van der Waals surface area contributed by atoms with E-state index in [-0.39, 0.29) is 11.3 Å². The lowest BCUT2D eigenvalue weighted by Crippen LogP contribution is -2.33. The lowest BCUT2D eigenvalue weighted by Gasteiger charge is -2.16. The second-order valence-electron chi connectivity index (χ2n) is 7.24. The molecule has 1 N–H and O–H groups in total. The van der Waals surface area contributed by atoms with E-state index in [0.29, 0.717) is 16.2 Å². The van der Waals surface area contributed by atoms with Crippen LogP contribution in [0.5, 0.6) is 0 Å². The maximum atomic E-state index is 14.4. The van der Waals surface area contributed by atoms with Crippen molar-refractivity contribution in [3.63, 3.8) is 0 Å². The highest BCUT2D eigenvalue weighted by Gasteiger charge is 2.42. The molecule has 0 spiro atoms. The number of carbonyl (C=O) groups excluding carboxylic acids is 2. The third-order valence-electron chi connectivity index (χ3n) is 5.00. The largest absolute Gasteiger partial charge is 0.350 e. The highest BCUT2D eigenvalue weighted by Crippen LogP contribution is 2.36. The lowest BCUT2D eigenvalue weighted by molar-refractivity contribution is -0.120. The quantitative estimate of drug-likeness (QED) is 0.594. The topological polar surface area (TPSA) is 49.4 Å². The molecule has 4 nitrogen and oxygen atoms in total. The van der Waals surface area contributed by atoms with Gasteiger partial charge in [-0.2, -0.15) is 0 Å². The van der Waals surface area contributed by atoms with Gasteiger partial charge in [0, 0.05) is 11.8 Å². The summed E-state index contributed by atoms with van der Waals surface area (Å²) in [5.74, 6) is -3.79. The predicted molar refractivity (Wildman–Crippen MR) is 112 cm³/mol. The minimum Gasteiger partial charge on any atom is -0.350 e. The number of hydrogen-bond donors (Lipinski definition) is 1. The Balaban J connectivity index is 1.88. The summed E-state index contributed by atoms with van der Waals surface area (Å²) in [6, 6.07) is 13.1. The monoisotopic (exact) mass is 422 g/mol. The summed E-state index contributed by atoms with van der Waals surface area (Å²) in [5, 5.41) is 2.86. The van der Waals surface area contributed by atoms with Gasteiger partial charge in [-0.15, -0.1) is 0 Å². The van der Waals surface area contributed by atoms with E-state index in [4.69, 9.17) is 0 Å². The third kappa shape index (κ3) is 3.70. The second kappa shape index (κ2) is 7.75. The molecule has 156 valence electrons. The van der Waals surface area contributed by atoms with E-state index < -0.39 is 35.0 Å². The molecular weight excluding hydrogens is 405 g/mol. The van der Waals surface area contributed by atoms with Gasteiger partial charge in [0.2, 0.25) is 0 Å². The smallest absolute Gasteiger partial charge is 0.282 e. The molecule has 0 saturated carbocycles. The zero-order chi connectivity index (χ0) is 22.3. The molecule has 3 aromatic carbocycles. The number of nitrogens with one attached hydrogen (secondary N) is 1. The number of benzene rings is 3. The Morgan fingerprint density at radius 2 is 1.45 bits per heavy atom. The molecule has 0 aromatic heterocycles. The van der Waals surface area contributed by atoms with Gasteiger partial charge < -0.3 is 5.32 Å². The average Bonchev–Trinajstić information content (AvgIpc) is 2.95. The fourth-order valence-electron chi connectivity index (χ4n) is 3.54. The normalized spacial score (nSPS) is 13.9. The van der Waals surface area contributed by atoms with Gasteiger partial charge in [0.25, 0.3) is 11.8 Å². The summed E-state index contributed by atoms with van der Waals surface area (Å²) in [7, 11) is 0. The van der Waals surface area contributed by atoms with E-state index in [0.717, 1.165) is 29.3 Å². The predicted octanol–water partition coefficient (Wildman–Crippen LogP) is 5.12.